The van der Waals surface area contributed by atoms with Gasteiger partial charge in [0.15, 0.2) is 24.6 Å². The molecule has 0 amide bonds. The highest BCUT2D eigenvalue weighted by Gasteiger charge is 2.52. The van der Waals surface area contributed by atoms with Crippen LogP contribution in [0.2, 0.25) is 0 Å². The van der Waals surface area contributed by atoms with Crippen LogP contribution in [0.5, 0.6) is 0 Å². The lowest BCUT2D eigenvalue weighted by atomic mass is 9.97. The highest BCUT2D eigenvalue weighted by Crippen LogP contribution is 2.32. The van der Waals surface area contributed by atoms with E-state index in [9.17, 15) is 19.5 Å². The Bertz CT molecular complexity index is 683. The molecule has 2 rings (SSSR count). The Labute approximate surface area is 221 Å². The quantitative estimate of drug-likeness (QED) is 0.270. The Morgan fingerprint density at radius 2 is 1.49 bits per heavy atom. The summed E-state index contributed by atoms with van der Waals surface area (Å²) >= 11 is 0. The maximum absolute atomic E-state index is 12.8. The van der Waals surface area contributed by atoms with E-state index in [1.807, 2.05) is 0 Å². The minimum Gasteiger partial charge on any atom is -0.456 e. The molecular weight excluding hydrogens is 480 g/mol. The van der Waals surface area contributed by atoms with Gasteiger partial charge in [0.05, 0.1) is 12.7 Å². The number of unbranched alkanes of at least 4 members (excludes halogenated alkanes) is 3. The third-order valence-electron chi connectivity index (χ3n) is 7.01. The van der Waals surface area contributed by atoms with Gasteiger partial charge in [-0.2, -0.15) is 0 Å². The summed E-state index contributed by atoms with van der Waals surface area (Å²) in [6.07, 6.45) is 9.02. The minimum atomic E-state index is -1.17. The molecular formula is C28H48O9. The number of aliphatic hydroxyl groups excluding tert-OH is 1. The molecule has 0 aromatic heterocycles. The van der Waals surface area contributed by atoms with Crippen LogP contribution in [0.3, 0.4) is 0 Å². The van der Waals surface area contributed by atoms with Gasteiger partial charge < -0.3 is 28.8 Å². The summed E-state index contributed by atoms with van der Waals surface area (Å²) in [5.74, 6) is -1.70. The normalized spacial score (nSPS) is 30.5. The van der Waals surface area contributed by atoms with Crippen molar-refractivity contribution in [2.75, 3.05) is 6.61 Å². The van der Waals surface area contributed by atoms with Crippen molar-refractivity contribution >= 4 is 17.9 Å². The second kappa shape index (κ2) is 17.7. The van der Waals surface area contributed by atoms with Crippen molar-refractivity contribution in [1.82, 2.24) is 0 Å². The predicted molar refractivity (Wildman–Crippen MR) is 137 cm³/mol. The Morgan fingerprint density at radius 1 is 0.865 bits per heavy atom. The molecule has 37 heavy (non-hydrogen) atoms. The Balaban J connectivity index is 2.33. The summed E-state index contributed by atoms with van der Waals surface area (Å²) in [7, 11) is 0. The van der Waals surface area contributed by atoms with Crippen LogP contribution in [0, 0.1) is 0 Å². The summed E-state index contributed by atoms with van der Waals surface area (Å²) < 4.78 is 29.3. The number of carbonyl (C=O) groups is 3. The topological polar surface area (TPSA) is 118 Å². The van der Waals surface area contributed by atoms with Crippen molar-refractivity contribution < 1.29 is 43.2 Å². The van der Waals surface area contributed by atoms with Crippen LogP contribution >= 0.6 is 0 Å². The SMILES string of the molecule is CCCCCCC1CCCCCCCCCCC(=O)OC2C(O1)OC(CO)C(OC(C)=O)C2OC(C)=O. The standard InChI is InChI=1S/C28H48O9/c1-4-5-6-13-16-22-17-14-11-9-7-8-10-12-15-18-24(32)37-27-26(34-21(3)31)25(33-20(2)30)23(19-29)36-28(27)35-22/h22-23,25-29H,4-19H2,1-3H3. The number of hydrogen-bond donors (Lipinski definition) is 1. The molecule has 214 valence electrons. The molecule has 9 nitrogen and oxygen atoms in total. The third kappa shape index (κ3) is 11.7. The first-order chi connectivity index (χ1) is 17.8. The van der Waals surface area contributed by atoms with Crippen LogP contribution in [0.25, 0.3) is 0 Å². The molecule has 0 bridgehead atoms. The van der Waals surface area contributed by atoms with Gasteiger partial charge in [-0.25, -0.2) is 0 Å². The van der Waals surface area contributed by atoms with Gasteiger partial charge >= 0.3 is 17.9 Å². The largest absolute Gasteiger partial charge is 0.456 e. The van der Waals surface area contributed by atoms with Crippen LogP contribution in [0.1, 0.15) is 117 Å². The zero-order valence-electron chi connectivity index (χ0n) is 23.0. The van der Waals surface area contributed by atoms with Crippen LogP contribution < -0.4 is 0 Å². The predicted octanol–water partition coefficient (Wildman–Crippen LogP) is 4.75. The Kier molecular flexibility index (Phi) is 15.1. The molecule has 0 aliphatic carbocycles. The second-order valence-corrected chi connectivity index (χ2v) is 10.3. The monoisotopic (exact) mass is 528 g/mol. The van der Waals surface area contributed by atoms with E-state index < -0.39 is 55.2 Å². The lowest BCUT2D eigenvalue weighted by molar-refractivity contribution is -0.317. The van der Waals surface area contributed by atoms with Gasteiger partial charge in [0, 0.05) is 20.3 Å². The average Bonchev–Trinajstić information content (AvgIpc) is 2.84. The summed E-state index contributed by atoms with van der Waals surface area (Å²) in [5, 5.41) is 10.0. The molecule has 9 heteroatoms. The van der Waals surface area contributed by atoms with E-state index in [-0.39, 0.29) is 12.5 Å². The minimum absolute atomic E-state index is 0.140. The smallest absolute Gasteiger partial charge is 0.306 e. The molecule has 2 fully saturated rings. The van der Waals surface area contributed by atoms with E-state index in [1.165, 1.54) is 26.7 Å². The first kappa shape index (κ1) is 31.5. The van der Waals surface area contributed by atoms with Crippen molar-refractivity contribution in [3.05, 3.63) is 0 Å². The van der Waals surface area contributed by atoms with Gasteiger partial charge in [-0.1, -0.05) is 77.6 Å². The number of rotatable bonds is 8. The van der Waals surface area contributed by atoms with Crippen molar-refractivity contribution in [3.8, 4) is 0 Å². The van der Waals surface area contributed by atoms with E-state index in [0.717, 1.165) is 70.6 Å². The molecule has 2 heterocycles. The number of aliphatic hydroxyl groups is 1. The number of ether oxygens (including phenoxy) is 5. The van der Waals surface area contributed by atoms with Crippen molar-refractivity contribution in [1.29, 1.82) is 0 Å². The Hall–Kier alpha value is -1.71. The van der Waals surface area contributed by atoms with Crippen LogP contribution in [0.4, 0.5) is 0 Å². The molecule has 0 spiro atoms. The molecule has 0 aromatic rings. The second-order valence-electron chi connectivity index (χ2n) is 10.3. The van der Waals surface area contributed by atoms with Crippen molar-refractivity contribution in [2.45, 2.75) is 154 Å². The molecule has 2 aliphatic rings. The molecule has 6 atom stereocenters. The van der Waals surface area contributed by atoms with E-state index in [0.29, 0.717) is 6.42 Å². The van der Waals surface area contributed by atoms with E-state index in [1.54, 1.807) is 0 Å². The Morgan fingerprint density at radius 3 is 2.11 bits per heavy atom. The maximum Gasteiger partial charge on any atom is 0.306 e. The summed E-state index contributed by atoms with van der Waals surface area (Å²) in [5.41, 5.74) is 0. The van der Waals surface area contributed by atoms with Gasteiger partial charge in [0.25, 0.3) is 0 Å². The summed E-state index contributed by atoms with van der Waals surface area (Å²) in [6.45, 7) is 4.13. The molecule has 2 saturated heterocycles. The van der Waals surface area contributed by atoms with E-state index in [4.69, 9.17) is 23.7 Å². The zero-order valence-corrected chi connectivity index (χ0v) is 23.0. The molecule has 1 N–H and O–H groups in total. The number of hydrogen-bond acceptors (Lipinski definition) is 9. The fraction of sp³-hybridized carbons (Fsp3) is 0.893. The number of fused-ring (bicyclic) bond motifs is 1. The molecule has 0 radical (unpaired) electrons. The van der Waals surface area contributed by atoms with E-state index in [2.05, 4.69) is 6.92 Å². The van der Waals surface area contributed by atoms with Gasteiger partial charge in [-0.05, 0) is 19.3 Å². The number of esters is 3. The number of carbonyl (C=O) groups excluding carboxylic acids is 3. The van der Waals surface area contributed by atoms with Crippen LogP contribution in [-0.2, 0) is 38.1 Å². The van der Waals surface area contributed by atoms with Crippen molar-refractivity contribution in [3.63, 3.8) is 0 Å². The molecule has 6 unspecified atom stereocenters. The van der Waals surface area contributed by atoms with Crippen LogP contribution in [-0.4, -0.2) is 66.4 Å². The third-order valence-corrected chi connectivity index (χ3v) is 7.01. The fourth-order valence-corrected chi connectivity index (χ4v) is 5.10. The molecule has 0 aromatic carbocycles. The lowest BCUT2D eigenvalue weighted by Crippen LogP contribution is -2.63. The van der Waals surface area contributed by atoms with Gasteiger partial charge in [-0.15, -0.1) is 0 Å². The lowest BCUT2D eigenvalue weighted by Gasteiger charge is -2.44. The highest BCUT2D eigenvalue weighted by atomic mass is 16.7. The first-order valence-electron chi connectivity index (χ1n) is 14.3. The highest BCUT2D eigenvalue weighted by molar-refractivity contribution is 5.70. The van der Waals surface area contributed by atoms with Gasteiger partial charge in [0.1, 0.15) is 6.10 Å². The molecule has 2 aliphatic heterocycles. The fourth-order valence-electron chi connectivity index (χ4n) is 5.10. The maximum atomic E-state index is 12.8. The van der Waals surface area contributed by atoms with Crippen LogP contribution in [0.15, 0.2) is 0 Å². The zero-order chi connectivity index (χ0) is 27.0. The van der Waals surface area contributed by atoms with Crippen molar-refractivity contribution in [2.24, 2.45) is 0 Å². The molecule has 0 saturated carbocycles. The summed E-state index contributed by atoms with van der Waals surface area (Å²) in [4.78, 5) is 36.7. The average molecular weight is 529 g/mol. The van der Waals surface area contributed by atoms with Gasteiger partial charge in [-0.3, -0.25) is 14.4 Å². The first-order valence-corrected chi connectivity index (χ1v) is 14.3. The van der Waals surface area contributed by atoms with E-state index >= 15 is 0 Å². The van der Waals surface area contributed by atoms with Gasteiger partial charge in [0.2, 0.25) is 0 Å². The summed E-state index contributed by atoms with van der Waals surface area (Å²) in [6, 6.07) is 0.